The van der Waals surface area contributed by atoms with Crippen LogP contribution >= 0.6 is 35.6 Å². The monoisotopic (exact) mass is 453 g/mol. The van der Waals surface area contributed by atoms with Crippen molar-refractivity contribution < 1.29 is 13.6 Å². The van der Waals surface area contributed by atoms with Crippen molar-refractivity contribution in [2.75, 3.05) is 6.54 Å². The minimum atomic E-state index is -0.643. The van der Waals surface area contributed by atoms with Crippen molar-refractivity contribution in [1.29, 1.82) is 0 Å². The van der Waals surface area contributed by atoms with E-state index in [2.05, 4.69) is 15.5 Å². The van der Waals surface area contributed by atoms with Gasteiger partial charge in [0.25, 0.3) is 0 Å². The van der Waals surface area contributed by atoms with Gasteiger partial charge in [-0.25, -0.2) is 14.0 Å². The molecule has 11 heteroatoms. The molecule has 0 aromatic carbocycles. The summed E-state index contributed by atoms with van der Waals surface area (Å²) in [5.74, 6) is 0.0533. The fraction of sp³-hybridized carbons (Fsp3) is 0.333. The van der Waals surface area contributed by atoms with Gasteiger partial charge in [-0.2, -0.15) is 0 Å². The van der Waals surface area contributed by atoms with E-state index in [1.54, 1.807) is 6.07 Å². The first-order valence-corrected chi connectivity index (χ1v) is 6.88. The molecule has 3 aromatic heterocycles. The second-order valence-corrected chi connectivity index (χ2v) is 4.98. The number of rotatable bonds is 6. The Balaban J connectivity index is 0.00000192. The standard InChI is InChI=1S/C12H12ClN5O4.HI/c13-7-4-8(20-6-7)5-18-11(17-21-12(18)19)10-9(2-1-3-14)15-22-16-10;/h4,6H,1-3,5,14H2;1H. The van der Waals surface area contributed by atoms with Crippen molar-refractivity contribution in [3.05, 3.63) is 39.4 Å². The average molecular weight is 454 g/mol. The Kier molecular flexibility index (Phi) is 5.96. The first-order chi connectivity index (χ1) is 10.7. The largest absolute Gasteiger partial charge is 0.466 e. The molecule has 3 rings (SSSR count). The fourth-order valence-corrected chi connectivity index (χ4v) is 2.15. The van der Waals surface area contributed by atoms with Crippen LogP contribution in [0.1, 0.15) is 17.9 Å². The zero-order valence-electron chi connectivity index (χ0n) is 11.8. The molecule has 0 saturated heterocycles. The first kappa shape index (κ1) is 17.7. The Morgan fingerprint density at radius 1 is 1.30 bits per heavy atom. The van der Waals surface area contributed by atoms with Crippen LogP contribution < -0.4 is 11.5 Å². The normalized spacial score (nSPS) is 10.7. The molecule has 3 aromatic rings. The van der Waals surface area contributed by atoms with E-state index in [1.807, 2.05) is 0 Å². The predicted octanol–water partition coefficient (Wildman–Crippen LogP) is 1.69. The van der Waals surface area contributed by atoms with Crippen molar-refractivity contribution in [2.45, 2.75) is 19.4 Å². The third-order valence-corrected chi connectivity index (χ3v) is 3.21. The summed E-state index contributed by atoms with van der Waals surface area (Å²) in [6.07, 6.45) is 2.64. The number of aryl methyl sites for hydroxylation is 1. The molecule has 9 nitrogen and oxygen atoms in total. The molecule has 3 heterocycles. The minimum Gasteiger partial charge on any atom is -0.466 e. The molecule has 0 saturated carbocycles. The molecule has 2 N–H and O–H groups in total. The molecule has 0 aliphatic heterocycles. The van der Waals surface area contributed by atoms with Crippen molar-refractivity contribution in [2.24, 2.45) is 5.73 Å². The summed E-state index contributed by atoms with van der Waals surface area (Å²) >= 11 is 5.79. The third kappa shape index (κ3) is 3.82. The van der Waals surface area contributed by atoms with E-state index in [1.165, 1.54) is 10.8 Å². The van der Waals surface area contributed by atoms with Crippen molar-refractivity contribution in [3.63, 3.8) is 0 Å². The summed E-state index contributed by atoms with van der Waals surface area (Å²) in [5, 5.41) is 11.8. The highest BCUT2D eigenvalue weighted by Crippen LogP contribution is 2.20. The highest BCUT2D eigenvalue weighted by Gasteiger charge is 2.21. The molecule has 0 spiro atoms. The van der Waals surface area contributed by atoms with E-state index in [4.69, 9.17) is 30.9 Å². The topological polar surface area (TPSA) is 126 Å². The lowest BCUT2D eigenvalue weighted by molar-refractivity contribution is 0.303. The summed E-state index contributed by atoms with van der Waals surface area (Å²) < 4.78 is 15.9. The van der Waals surface area contributed by atoms with E-state index in [-0.39, 0.29) is 36.3 Å². The van der Waals surface area contributed by atoms with Crippen molar-refractivity contribution in [3.8, 4) is 11.5 Å². The second kappa shape index (κ2) is 7.75. The molecule has 23 heavy (non-hydrogen) atoms. The quantitative estimate of drug-likeness (QED) is 0.559. The predicted molar refractivity (Wildman–Crippen MR) is 89.7 cm³/mol. The second-order valence-electron chi connectivity index (χ2n) is 4.54. The van der Waals surface area contributed by atoms with Gasteiger partial charge in [0.15, 0.2) is 5.69 Å². The lowest BCUT2D eigenvalue weighted by Crippen LogP contribution is -2.16. The zero-order valence-corrected chi connectivity index (χ0v) is 14.9. The molecule has 0 unspecified atom stereocenters. The van der Waals surface area contributed by atoms with Crippen molar-refractivity contribution in [1.82, 2.24) is 20.0 Å². The highest BCUT2D eigenvalue weighted by molar-refractivity contribution is 14.0. The van der Waals surface area contributed by atoms with Crippen LogP contribution in [-0.2, 0) is 13.0 Å². The molecule has 124 valence electrons. The molecule has 0 amide bonds. The van der Waals surface area contributed by atoms with Crippen LogP contribution in [0.2, 0.25) is 5.02 Å². The molecule has 0 atom stereocenters. The van der Waals surface area contributed by atoms with Crippen LogP contribution in [0.15, 0.2) is 30.7 Å². The minimum absolute atomic E-state index is 0. The van der Waals surface area contributed by atoms with E-state index < -0.39 is 5.76 Å². The van der Waals surface area contributed by atoms with Gasteiger partial charge >= 0.3 is 5.76 Å². The van der Waals surface area contributed by atoms with Gasteiger partial charge in [0.05, 0.1) is 11.6 Å². The maximum atomic E-state index is 11.8. The number of hydrogen-bond donors (Lipinski definition) is 1. The van der Waals surface area contributed by atoms with Gasteiger partial charge in [-0.15, -0.1) is 24.0 Å². The maximum absolute atomic E-state index is 11.8. The van der Waals surface area contributed by atoms with E-state index >= 15 is 0 Å². The Labute approximate surface area is 151 Å². The number of halogens is 2. The fourth-order valence-electron chi connectivity index (χ4n) is 1.98. The third-order valence-electron chi connectivity index (χ3n) is 3.01. The van der Waals surface area contributed by atoms with Gasteiger partial charge in [-0.3, -0.25) is 4.52 Å². The van der Waals surface area contributed by atoms with Gasteiger partial charge in [-0.1, -0.05) is 21.9 Å². The van der Waals surface area contributed by atoms with E-state index in [0.717, 1.165) is 0 Å². The number of hydrogen-bond acceptors (Lipinski definition) is 8. The molecule has 0 aliphatic rings. The molecule has 0 fully saturated rings. The molecular weight excluding hydrogens is 441 g/mol. The number of aromatic nitrogens is 4. The summed E-state index contributed by atoms with van der Waals surface area (Å²) in [7, 11) is 0. The summed E-state index contributed by atoms with van der Waals surface area (Å²) in [4.78, 5) is 11.8. The molecule has 0 radical (unpaired) electrons. The maximum Gasteiger partial charge on any atom is 0.442 e. The van der Waals surface area contributed by atoms with Crippen LogP contribution in [0, 0.1) is 0 Å². The van der Waals surface area contributed by atoms with Gasteiger partial charge in [0, 0.05) is 6.07 Å². The summed E-state index contributed by atoms with van der Waals surface area (Å²) in [5.41, 5.74) is 6.38. The Bertz CT molecular complexity index is 823. The Hall–Kier alpha value is -1.66. The first-order valence-electron chi connectivity index (χ1n) is 6.50. The average Bonchev–Trinajstić information content (AvgIpc) is 3.20. The Morgan fingerprint density at radius 2 is 2.13 bits per heavy atom. The van der Waals surface area contributed by atoms with E-state index in [9.17, 15) is 4.79 Å². The smallest absolute Gasteiger partial charge is 0.442 e. The number of nitrogens with zero attached hydrogens (tertiary/aromatic N) is 4. The SMILES string of the molecule is I.NCCCc1nonc1-c1noc(=O)n1Cc1cc(Cl)co1. The molecule has 0 bridgehead atoms. The summed E-state index contributed by atoms with van der Waals surface area (Å²) in [6, 6.07) is 1.60. The van der Waals surface area contributed by atoms with Crippen LogP contribution in [0.4, 0.5) is 0 Å². The van der Waals surface area contributed by atoms with Gasteiger partial charge in [-0.05, 0) is 24.5 Å². The lowest BCUT2D eigenvalue weighted by atomic mass is 10.2. The van der Waals surface area contributed by atoms with Gasteiger partial charge in [0.2, 0.25) is 5.82 Å². The summed E-state index contributed by atoms with van der Waals surface area (Å²) in [6.45, 7) is 0.608. The highest BCUT2D eigenvalue weighted by atomic mass is 127. The van der Waals surface area contributed by atoms with Gasteiger partial charge < -0.3 is 10.2 Å². The van der Waals surface area contributed by atoms with E-state index in [0.29, 0.717) is 41.6 Å². The number of nitrogens with two attached hydrogens (primary N) is 1. The van der Waals surface area contributed by atoms with Crippen LogP contribution in [0.3, 0.4) is 0 Å². The van der Waals surface area contributed by atoms with Crippen LogP contribution in [0.25, 0.3) is 11.5 Å². The Morgan fingerprint density at radius 3 is 2.83 bits per heavy atom. The van der Waals surface area contributed by atoms with Crippen LogP contribution in [-0.4, -0.2) is 26.6 Å². The zero-order chi connectivity index (χ0) is 15.5. The molecular formula is C12H13ClIN5O4. The van der Waals surface area contributed by atoms with Gasteiger partial charge in [0.1, 0.15) is 17.7 Å². The lowest BCUT2D eigenvalue weighted by Gasteiger charge is -2.00. The van der Waals surface area contributed by atoms with Crippen LogP contribution in [0.5, 0.6) is 0 Å². The number of furan rings is 1. The van der Waals surface area contributed by atoms with Crippen molar-refractivity contribution >= 4 is 35.6 Å². The molecule has 0 aliphatic carbocycles.